The maximum absolute atomic E-state index is 11.8. The molecular formula is C14H15N3O4S. The molecule has 0 aliphatic rings. The zero-order valence-electron chi connectivity index (χ0n) is 11.8. The summed E-state index contributed by atoms with van der Waals surface area (Å²) in [5.74, 6) is -0.173. The Hall–Kier alpha value is -2.61. The average molecular weight is 321 g/mol. The van der Waals surface area contributed by atoms with Gasteiger partial charge in [-0.15, -0.1) is 0 Å². The molecule has 0 spiro atoms. The molecule has 1 aromatic heterocycles. The number of anilines is 1. The zero-order valence-corrected chi connectivity index (χ0v) is 12.6. The van der Waals surface area contributed by atoms with E-state index < -0.39 is 15.9 Å². The third kappa shape index (κ3) is 3.73. The maximum Gasteiger partial charge on any atom is 0.345 e. The van der Waals surface area contributed by atoms with Crippen LogP contribution in [0.5, 0.6) is 0 Å². The molecule has 0 aliphatic carbocycles. The number of carbonyl (C=O) groups is 1. The molecular weight excluding hydrogens is 306 g/mol. The number of hydrogen-bond donors (Lipinski definition) is 2. The van der Waals surface area contributed by atoms with Crippen LogP contribution in [0.15, 0.2) is 58.7 Å². The molecule has 0 bridgehead atoms. The Kier molecular flexibility index (Phi) is 4.62. The number of urea groups is 1. The Balaban J connectivity index is 2.33. The number of carbonyl (C=O) groups excluding carboxylic acids is 1. The first-order valence-electron chi connectivity index (χ1n) is 6.48. The van der Waals surface area contributed by atoms with Crippen LogP contribution in [0.2, 0.25) is 0 Å². The predicted octanol–water partition coefficient (Wildman–Crippen LogP) is 1.65. The summed E-state index contributed by atoms with van der Waals surface area (Å²) in [7, 11) is -3.62. The number of sulfone groups is 1. The molecule has 0 radical (unpaired) electrons. The zero-order chi connectivity index (χ0) is 16.2. The van der Waals surface area contributed by atoms with Crippen molar-refractivity contribution in [1.82, 2.24) is 4.73 Å². The average Bonchev–Trinajstić information content (AvgIpc) is 2.50. The number of para-hydroxylation sites is 1. The van der Waals surface area contributed by atoms with E-state index in [0.29, 0.717) is 10.4 Å². The standard InChI is InChI=1S/C14H15N3O4S/c1-2-22(20,21)13-10-12(8-9-17(13)19)16-14(18)15-11-6-4-3-5-7-11/h3-10,19H,2H2,1H3,(H,15,18)/b16-12+. The number of amides is 2. The van der Waals surface area contributed by atoms with Crippen molar-refractivity contribution in [2.75, 3.05) is 11.1 Å². The summed E-state index contributed by atoms with van der Waals surface area (Å²) in [4.78, 5) is 15.6. The van der Waals surface area contributed by atoms with Crippen molar-refractivity contribution in [2.45, 2.75) is 11.9 Å². The summed E-state index contributed by atoms with van der Waals surface area (Å²) >= 11 is 0. The molecule has 0 fully saturated rings. The first kappa shape index (κ1) is 15.8. The highest BCUT2D eigenvalue weighted by Crippen LogP contribution is 2.07. The van der Waals surface area contributed by atoms with Crippen molar-refractivity contribution in [1.29, 1.82) is 0 Å². The van der Waals surface area contributed by atoms with Crippen LogP contribution in [0.4, 0.5) is 10.5 Å². The lowest BCUT2D eigenvalue weighted by Crippen LogP contribution is -2.18. The molecule has 0 atom stereocenters. The van der Waals surface area contributed by atoms with Crippen LogP contribution < -0.4 is 10.7 Å². The number of pyridine rings is 1. The van der Waals surface area contributed by atoms with Gasteiger partial charge in [-0.1, -0.05) is 25.1 Å². The summed E-state index contributed by atoms with van der Waals surface area (Å²) in [5, 5.41) is 11.9. The summed E-state index contributed by atoms with van der Waals surface area (Å²) < 4.78 is 24.1. The van der Waals surface area contributed by atoms with E-state index in [-0.39, 0.29) is 16.1 Å². The minimum atomic E-state index is -3.62. The Morgan fingerprint density at radius 1 is 1.27 bits per heavy atom. The summed E-state index contributed by atoms with van der Waals surface area (Å²) in [6.45, 7) is 1.46. The molecule has 8 heteroatoms. The van der Waals surface area contributed by atoms with Gasteiger partial charge in [0.15, 0.2) is 14.9 Å². The van der Waals surface area contributed by atoms with E-state index in [1.54, 1.807) is 24.3 Å². The molecule has 2 amide bonds. The Bertz CT molecular complexity index is 842. The number of nitrogens with zero attached hydrogens (tertiary/aromatic N) is 2. The third-order valence-electron chi connectivity index (χ3n) is 2.84. The Morgan fingerprint density at radius 3 is 2.59 bits per heavy atom. The lowest BCUT2D eigenvalue weighted by atomic mass is 10.3. The van der Waals surface area contributed by atoms with Gasteiger partial charge in [-0.2, -0.15) is 9.72 Å². The molecule has 2 N–H and O–H groups in total. The maximum atomic E-state index is 11.8. The first-order valence-corrected chi connectivity index (χ1v) is 8.13. The largest absolute Gasteiger partial charge is 0.428 e. The monoisotopic (exact) mass is 321 g/mol. The lowest BCUT2D eigenvalue weighted by molar-refractivity contribution is 0.157. The van der Waals surface area contributed by atoms with Crippen LogP contribution >= 0.6 is 0 Å². The van der Waals surface area contributed by atoms with Gasteiger partial charge >= 0.3 is 6.03 Å². The fourth-order valence-corrected chi connectivity index (χ4v) is 2.64. The Morgan fingerprint density at radius 2 is 1.95 bits per heavy atom. The summed E-state index contributed by atoms with van der Waals surface area (Å²) in [5.41, 5.74) is 0.575. The van der Waals surface area contributed by atoms with Gasteiger partial charge in [-0.05, 0) is 18.2 Å². The van der Waals surface area contributed by atoms with Gasteiger partial charge in [-0.25, -0.2) is 13.2 Å². The van der Waals surface area contributed by atoms with E-state index in [1.165, 1.54) is 13.0 Å². The summed E-state index contributed by atoms with van der Waals surface area (Å²) in [6, 6.07) is 10.6. The normalized spacial score (nSPS) is 12.1. The number of rotatable bonds is 3. The van der Waals surface area contributed by atoms with Crippen LogP contribution in [-0.4, -0.2) is 30.1 Å². The third-order valence-corrected chi connectivity index (χ3v) is 4.54. The van der Waals surface area contributed by atoms with Gasteiger partial charge in [0, 0.05) is 18.0 Å². The van der Waals surface area contributed by atoms with E-state index in [1.807, 2.05) is 6.07 Å². The molecule has 1 aromatic carbocycles. The van der Waals surface area contributed by atoms with Gasteiger partial charge in [0.2, 0.25) is 0 Å². The van der Waals surface area contributed by atoms with Crippen molar-refractivity contribution >= 4 is 21.6 Å². The van der Waals surface area contributed by atoms with Crippen LogP contribution in [0.3, 0.4) is 0 Å². The van der Waals surface area contributed by atoms with Crippen molar-refractivity contribution in [2.24, 2.45) is 4.99 Å². The van der Waals surface area contributed by atoms with E-state index in [2.05, 4.69) is 10.3 Å². The second-order valence-corrected chi connectivity index (χ2v) is 6.60. The molecule has 0 saturated heterocycles. The molecule has 0 saturated carbocycles. The van der Waals surface area contributed by atoms with Gasteiger partial charge in [0.1, 0.15) is 0 Å². The first-order chi connectivity index (χ1) is 10.4. The van der Waals surface area contributed by atoms with Crippen molar-refractivity contribution in [3.8, 4) is 0 Å². The molecule has 22 heavy (non-hydrogen) atoms. The van der Waals surface area contributed by atoms with Gasteiger partial charge in [0.25, 0.3) is 0 Å². The van der Waals surface area contributed by atoms with Crippen molar-refractivity contribution in [3.63, 3.8) is 0 Å². The molecule has 0 unspecified atom stereocenters. The van der Waals surface area contributed by atoms with Crippen molar-refractivity contribution < 1.29 is 18.4 Å². The van der Waals surface area contributed by atoms with Crippen LogP contribution in [-0.2, 0) is 9.84 Å². The van der Waals surface area contributed by atoms with Gasteiger partial charge in [0.05, 0.1) is 11.1 Å². The van der Waals surface area contributed by atoms with Crippen LogP contribution in [0.1, 0.15) is 6.92 Å². The van der Waals surface area contributed by atoms with E-state index in [0.717, 1.165) is 12.3 Å². The summed E-state index contributed by atoms with van der Waals surface area (Å²) in [6.07, 6.45) is 1.12. The molecule has 116 valence electrons. The van der Waals surface area contributed by atoms with Crippen LogP contribution in [0.25, 0.3) is 0 Å². The van der Waals surface area contributed by atoms with Crippen LogP contribution in [0, 0.1) is 0 Å². The number of nitrogens with one attached hydrogen (secondary N) is 1. The molecule has 0 aliphatic heterocycles. The molecule has 2 rings (SSSR count). The van der Waals surface area contributed by atoms with Gasteiger partial charge < -0.3 is 10.5 Å². The minimum Gasteiger partial charge on any atom is -0.428 e. The highest BCUT2D eigenvalue weighted by Gasteiger charge is 2.15. The molecule has 2 aromatic rings. The van der Waals surface area contributed by atoms with Crippen molar-refractivity contribution in [3.05, 3.63) is 54.0 Å². The van der Waals surface area contributed by atoms with Gasteiger partial charge in [-0.3, -0.25) is 0 Å². The van der Waals surface area contributed by atoms with E-state index in [9.17, 15) is 18.4 Å². The SMILES string of the molecule is CCS(=O)(=O)c1c/c(=N/C(=O)Nc2ccccc2)ccn1O. The fourth-order valence-electron chi connectivity index (χ4n) is 1.70. The minimum absolute atomic E-state index is 0.130. The predicted molar refractivity (Wildman–Crippen MR) is 80.4 cm³/mol. The lowest BCUT2D eigenvalue weighted by Gasteiger charge is -2.06. The van der Waals surface area contributed by atoms with E-state index in [4.69, 9.17) is 0 Å². The topological polar surface area (TPSA) is 101 Å². The number of aromatic nitrogens is 1. The number of benzene rings is 1. The highest BCUT2D eigenvalue weighted by molar-refractivity contribution is 7.91. The quantitative estimate of drug-likeness (QED) is 0.839. The smallest absolute Gasteiger partial charge is 0.345 e. The number of hydrogen-bond acceptors (Lipinski definition) is 4. The second kappa shape index (κ2) is 6.44. The van der Waals surface area contributed by atoms with E-state index >= 15 is 0 Å². The highest BCUT2D eigenvalue weighted by atomic mass is 32.2. The molecule has 1 heterocycles. The molecule has 7 nitrogen and oxygen atoms in total. The Labute approximate surface area is 127 Å². The fraction of sp³-hybridized carbons (Fsp3) is 0.143. The second-order valence-electron chi connectivity index (χ2n) is 4.38.